The Balaban J connectivity index is 3.07. The summed E-state index contributed by atoms with van der Waals surface area (Å²) in [5, 5.41) is 0.0366. The molecule has 0 aromatic rings. The van der Waals surface area contributed by atoms with E-state index in [2.05, 4.69) is 19.2 Å². The molecule has 0 bridgehead atoms. The molecule has 0 heterocycles. The van der Waals surface area contributed by atoms with Crippen LogP contribution in [-0.2, 0) is 4.79 Å². The van der Waals surface area contributed by atoms with E-state index in [1.807, 2.05) is 13.0 Å². The van der Waals surface area contributed by atoms with Gasteiger partial charge in [-0.15, -0.1) is 19.2 Å². The van der Waals surface area contributed by atoms with E-state index in [9.17, 15) is 4.79 Å². The van der Waals surface area contributed by atoms with Gasteiger partial charge in [0.05, 0.1) is 0 Å². The van der Waals surface area contributed by atoms with E-state index < -0.39 is 0 Å². The monoisotopic (exact) mass is 270 g/mol. The van der Waals surface area contributed by atoms with E-state index in [1.165, 1.54) is 64.2 Å². The second-order valence-corrected chi connectivity index (χ2v) is 5.73. The molecular weight excluding hydrogens is 240 g/mol. The van der Waals surface area contributed by atoms with Gasteiger partial charge in [-0.1, -0.05) is 64.4 Å². The SMILES string of the molecule is C=CCCCCCCCCCCCC(C)C(=O)S. The molecule has 0 aromatic carbocycles. The summed E-state index contributed by atoms with van der Waals surface area (Å²) in [6.45, 7) is 5.70. The number of carbonyl (C=O) groups excluding carboxylic acids is 1. The summed E-state index contributed by atoms with van der Waals surface area (Å²) in [7, 11) is 0. The minimum absolute atomic E-state index is 0.0366. The molecule has 0 radical (unpaired) electrons. The van der Waals surface area contributed by atoms with Crippen LogP contribution in [0.15, 0.2) is 12.7 Å². The first-order chi connectivity index (χ1) is 8.68. The minimum Gasteiger partial charge on any atom is -0.287 e. The summed E-state index contributed by atoms with van der Waals surface area (Å²) in [4.78, 5) is 10.9. The Morgan fingerprint density at radius 3 is 1.89 bits per heavy atom. The van der Waals surface area contributed by atoms with Crippen LogP contribution < -0.4 is 0 Å². The van der Waals surface area contributed by atoms with Gasteiger partial charge in [0.1, 0.15) is 0 Å². The highest BCUT2D eigenvalue weighted by atomic mass is 32.1. The highest BCUT2D eigenvalue weighted by Gasteiger charge is 2.06. The van der Waals surface area contributed by atoms with E-state index in [0.717, 1.165) is 6.42 Å². The lowest BCUT2D eigenvalue weighted by Crippen LogP contribution is -2.03. The predicted octanol–water partition coefficient (Wildman–Crippen LogP) is 5.56. The number of allylic oxidation sites excluding steroid dienone is 1. The van der Waals surface area contributed by atoms with Crippen molar-refractivity contribution in [1.82, 2.24) is 0 Å². The number of unbranched alkanes of at least 4 members (excludes halogenated alkanes) is 9. The average Bonchev–Trinajstić information content (AvgIpc) is 2.35. The van der Waals surface area contributed by atoms with Gasteiger partial charge in [-0.3, -0.25) is 4.79 Å². The first-order valence-electron chi connectivity index (χ1n) is 7.52. The lowest BCUT2D eigenvalue weighted by Gasteiger charge is -2.06. The summed E-state index contributed by atoms with van der Waals surface area (Å²) in [5.74, 6) is 0.137. The van der Waals surface area contributed by atoms with Crippen LogP contribution in [0.2, 0.25) is 0 Å². The summed E-state index contributed by atoms with van der Waals surface area (Å²) < 4.78 is 0. The van der Waals surface area contributed by atoms with Crippen molar-refractivity contribution < 1.29 is 4.79 Å². The van der Waals surface area contributed by atoms with Crippen LogP contribution in [0.4, 0.5) is 0 Å². The van der Waals surface area contributed by atoms with Crippen LogP contribution in [0.3, 0.4) is 0 Å². The molecule has 1 unspecified atom stereocenters. The summed E-state index contributed by atoms with van der Waals surface area (Å²) >= 11 is 3.85. The Bertz CT molecular complexity index is 213. The van der Waals surface area contributed by atoms with E-state index in [1.54, 1.807) is 0 Å². The molecule has 2 heteroatoms. The van der Waals surface area contributed by atoms with Crippen molar-refractivity contribution >= 4 is 17.7 Å². The van der Waals surface area contributed by atoms with Crippen LogP contribution in [0.5, 0.6) is 0 Å². The van der Waals surface area contributed by atoms with Crippen molar-refractivity contribution in [3.63, 3.8) is 0 Å². The Hall–Kier alpha value is -0.240. The number of hydrogen-bond acceptors (Lipinski definition) is 1. The smallest absolute Gasteiger partial charge is 0.188 e. The normalized spacial score (nSPS) is 12.3. The molecule has 0 aliphatic carbocycles. The summed E-state index contributed by atoms with van der Waals surface area (Å²) in [6, 6.07) is 0. The van der Waals surface area contributed by atoms with Gasteiger partial charge in [0, 0.05) is 5.92 Å². The van der Waals surface area contributed by atoms with Crippen LogP contribution in [0.25, 0.3) is 0 Å². The van der Waals surface area contributed by atoms with E-state index >= 15 is 0 Å². The lowest BCUT2D eigenvalue weighted by atomic mass is 10.0. The second-order valence-electron chi connectivity index (χ2n) is 5.29. The summed E-state index contributed by atoms with van der Waals surface area (Å²) in [6.07, 6.45) is 16.1. The standard InChI is InChI=1S/C16H30OS/c1-3-4-5-6-7-8-9-10-11-12-13-14-15(2)16(17)18/h3,15H,1,4-14H2,2H3,(H,17,18). The van der Waals surface area contributed by atoms with Gasteiger partial charge in [-0.05, 0) is 19.3 Å². The fourth-order valence-electron chi connectivity index (χ4n) is 2.10. The van der Waals surface area contributed by atoms with Crippen LogP contribution >= 0.6 is 12.6 Å². The number of rotatable bonds is 13. The zero-order valence-electron chi connectivity index (χ0n) is 12.0. The van der Waals surface area contributed by atoms with Gasteiger partial charge in [-0.2, -0.15) is 0 Å². The maximum atomic E-state index is 10.9. The topological polar surface area (TPSA) is 17.1 Å². The largest absolute Gasteiger partial charge is 0.287 e. The summed E-state index contributed by atoms with van der Waals surface area (Å²) in [5.41, 5.74) is 0. The molecule has 0 spiro atoms. The number of thiol groups is 1. The quantitative estimate of drug-likeness (QED) is 0.263. The van der Waals surface area contributed by atoms with E-state index in [4.69, 9.17) is 0 Å². The molecule has 0 saturated carbocycles. The molecule has 0 aliphatic heterocycles. The molecule has 0 rings (SSSR count). The van der Waals surface area contributed by atoms with Crippen molar-refractivity contribution in [3.8, 4) is 0 Å². The third-order valence-electron chi connectivity index (χ3n) is 3.47. The molecule has 0 saturated heterocycles. The Morgan fingerprint density at radius 1 is 1.00 bits per heavy atom. The Labute approximate surface area is 119 Å². The average molecular weight is 270 g/mol. The molecule has 0 aromatic heterocycles. The van der Waals surface area contributed by atoms with Gasteiger partial charge >= 0.3 is 0 Å². The van der Waals surface area contributed by atoms with Crippen molar-refractivity contribution in [3.05, 3.63) is 12.7 Å². The predicted molar refractivity (Wildman–Crippen MR) is 84.1 cm³/mol. The van der Waals surface area contributed by atoms with Gasteiger partial charge in [0.25, 0.3) is 0 Å². The molecule has 0 amide bonds. The minimum atomic E-state index is 0.0366. The number of hydrogen-bond donors (Lipinski definition) is 1. The molecule has 18 heavy (non-hydrogen) atoms. The molecule has 0 N–H and O–H groups in total. The molecular formula is C16H30OS. The zero-order chi connectivity index (χ0) is 13.6. The first kappa shape index (κ1) is 17.8. The first-order valence-corrected chi connectivity index (χ1v) is 7.97. The molecule has 0 fully saturated rings. The highest BCUT2D eigenvalue weighted by Crippen LogP contribution is 2.15. The number of carbonyl (C=O) groups is 1. The third-order valence-corrected chi connectivity index (χ3v) is 3.91. The van der Waals surface area contributed by atoms with Crippen LogP contribution in [0.1, 0.15) is 77.6 Å². The fourth-order valence-corrected chi connectivity index (χ4v) is 2.23. The second kappa shape index (κ2) is 13.2. The van der Waals surface area contributed by atoms with Crippen LogP contribution in [-0.4, -0.2) is 5.12 Å². The van der Waals surface area contributed by atoms with Crippen LogP contribution in [0, 0.1) is 5.92 Å². The maximum Gasteiger partial charge on any atom is 0.188 e. The molecule has 1 atom stereocenters. The van der Waals surface area contributed by atoms with E-state index in [0.29, 0.717) is 0 Å². The third kappa shape index (κ3) is 12.2. The van der Waals surface area contributed by atoms with Gasteiger partial charge in [0.2, 0.25) is 0 Å². The maximum absolute atomic E-state index is 10.9. The zero-order valence-corrected chi connectivity index (χ0v) is 12.9. The molecule has 0 aliphatic rings. The van der Waals surface area contributed by atoms with Gasteiger partial charge < -0.3 is 0 Å². The lowest BCUT2D eigenvalue weighted by molar-refractivity contribution is -0.113. The molecule has 1 nitrogen and oxygen atoms in total. The van der Waals surface area contributed by atoms with Gasteiger partial charge in [-0.25, -0.2) is 0 Å². The Kier molecular flexibility index (Phi) is 13.0. The van der Waals surface area contributed by atoms with Crippen molar-refractivity contribution in [2.45, 2.75) is 77.6 Å². The van der Waals surface area contributed by atoms with Crippen molar-refractivity contribution in [2.24, 2.45) is 5.92 Å². The highest BCUT2D eigenvalue weighted by molar-refractivity contribution is 7.96. The fraction of sp³-hybridized carbons (Fsp3) is 0.812. The Morgan fingerprint density at radius 2 is 1.44 bits per heavy atom. The van der Waals surface area contributed by atoms with Crippen molar-refractivity contribution in [1.29, 1.82) is 0 Å². The molecule has 106 valence electrons. The van der Waals surface area contributed by atoms with E-state index in [-0.39, 0.29) is 11.0 Å². The van der Waals surface area contributed by atoms with Gasteiger partial charge in [0.15, 0.2) is 5.12 Å². The van der Waals surface area contributed by atoms with Crippen molar-refractivity contribution in [2.75, 3.05) is 0 Å².